The summed E-state index contributed by atoms with van der Waals surface area (Å²) in [6.07, 6.45) is -8.55. The molecule has 2 aliphatic carbocycles. The Morgan fingerprint density at radius 1 is 1.13 bits per heavy atom. The van der Waals surface area contributed by atoms with Crippen LogP contribution in [0.3, 0.4) is 0 Å². The highest BCUT2D eigenvalue weighted by atomic mass is 16.8. The fraction of sp³-hybridized carbons (Fsp3) is 0.850. The number of hydrogen-bond donors (Lipinski definition) is 5. The summed E-state index contributed by atoms with van der Waals surface area (Å²) in [6.45, 7) is 6.59. The second-order valence-corrected chi connectivity index (χ2v) is 10.6. The van der Waals surface area contributed by atoms with Gasteiger partial charge in [-0.05, 0) is 24.7 Å². The van der Waals surface area contributed by atoms with Gasteiger partial charge in [0, 0.05) is 0 Å². The smallest absolute Gasteiger partial charge is 0.342 e. The Hall–Kier alpha value is -1.79. The predicted molar refractivity (Wildman–Crippen MR) is 95.8 cm³/mol. The van der Waals surface area contributed by atoms with E-state index in [1.807, 2.05) is 20.8 Å². The van der Waals surface area contributed by atoms with E-state index in [0.29, 0.717) is 0 Å². The largest absolute Gasteiger partial charge is 0.481 e. The topological polar surface area (TPSA) is 180 Å². The molecule has 5 aliphatic rings. The van der Waals surface area contributed by atoms with Gasteiger partial charge in [-0.3, -0.25) is 4.79 Å². The summed E-state index contributed by atoms with van der Waals surface area (Å²) in [5.74, 6) is -6.12. The number of carboxylic acid groups (broad SMARTS) is 1. The molecule has 11 atom stereocenters. The van der Waals surface area contributed by atoms with E-state index >= 15 is 0 Å². The van der Waals surface area contributed by atoms with Crippen LogP contribution in [-0.4, -0.2) is 85.3 Å². The lowest BCUT2D eigenvalue weighted by Crippen LogP contribution is -2.68. The van der Waals surface area contributed by atoms with Gasteiger partial charge in [0.2, 0.25) is 11.9 Å². The van der Waals surface area contributed by atoms with Gasteiger partial charge in [0.1, 0.15) is 17.8 Å². The van der Waals surface area contributed by atoms with Gasteiger partial charge in [0.25, 0.3) is 0 Å². The van der Waals surface area contributed by atoms with Crippen LogP contribution in [0, 0.1) is 28.1 Å². The first kappa shape index (κ1) is 21.1. The first-order chi connectivity index (χ1) is 14.2. The molecular weight excluding hydrogens is 416 g/mol. The Balaban J connectivity index is 1.89. The number of carbonyl (C=O) groups excluding carboxylic acids is 2. The van der Waals surface area contributed by atoms with Crippen LogP contribution >= 0.6 is 0 Å². The van der Waals surface area contributed by atoms with Gasteiger partial charge >= 0.3 is 17.9 Å². The van der Waals surface area contributed by atoms with Gasteiger partial charge in [-0.1, -0.05) is 20.8 Å². The molecule has 3 heterocycles. The molecular formula is C20H26O11. The molecule has 0 bridgehead atoms. The van der Waals surface area contributed by atoms with Crippen LogP contribution < -0.4 is 0 Å². The van der Waals surface area contributed by atoms with Gasteiger partial charge in [0.05, 0.1) is 22.9 Å². The zero-order valence-electron chi connectivity index (χ0n) is 17.4. The summed E-state index contributed by atoms with van der Waals surface area (Å²) in [6, 6.07) is 0. The number of aliphatic carboxylic acids is 1. The first-order valence-electron chi connectivity index (χ1n) is 10.3. The van der Waals surface area contributed by atoms with E-state index in [4.69, 9.17) is 14.2 Å². The number of esters is 2. The minimum atomic E-state index is -2.82. The first-order valence-corrected chi connectivity index (χ1v) is 10.3. The number of aliphatic hydroxyl groups excluding tert-OH is 3. The van der Waals surface area contributed by atoms with Gasteiger partial charge in [-0.15, -0.1) is 0 Å². The highest BCUT2D eigenvalue weighted by Gasteiger charge is 3.02. The van der Waals surface area contributed by atoms with E-state index in [2.05, 4.69) is 0 Å². The molecule has 31 heavy (non-hydrogen) atoms. The Bertz CT molecular complexity index is 911. The number of carboxylic acids is 1. The van der Waals surface area contributed by atoms with Crippen molar-refractivity contribution in [1.29, 1.82) is 0 Å². The molecule has 3 aliphatic heterocycles. The Kier molecular flexibility index (Phi) is 3.67. The van der Waals surface area contributed by atoms with E-state index in [1.165, 1.54) is 0 Å². The van der Waals surface area contributed by atoms with Crippen molar-refractivity contribution in [3.63, 3.8) is 0 Å². The molecule has 3 saturated heterocycles. The van der Waals surface area contributed by atoms with Crippen LogP contribution in [0.5, 0.6) is 0 Å². The summed E-state index contributed by atoms with van der Waals surface area (Å²) in [7, 11) is 0. The zero-order valence-corrected chi connectivity index (χ0v) is 17.4. The number of aliphatic hydroxyl groups is 4. The van der Waals surface area contributed by atoms with Crippen molar-refractivity contribution < 1.29 is 54.1 Å². The second kappa shape index (κ2) is 5.40. The molecule has 0 aromatic carbocycles. The maximum Gasteiger partial charge on any atom is 0.342 e. The maximum absolute atomic E-state index is 13.3. The monoisotopic (exact) mass is 442 g/mol. The van der Waals surface area contributed by atoms with E-state index < -0.39 is 87.9 Å². The quantitative estimate of drug-likeness (QED) is 0.303. The Morgan fingerprint density at radius 3 is 2.29 bits per heavy atom. The highest BCUT2D eigenvalue weighted by molar-refractivity contribution is 5.92. The predicted octanol–water partition coefficient (Wildman–Crippen LogP) is -1.85. The molecule has 0 amide bonds. The normalized spacial score (nSPS) is 55.5. The number of rotatable bonds is 2. The van der Waals surface area contributed by atoms with E-state index in [1.54, 1.807) is 0 Å². The lowest BCUT2D eigenvalue weighted by molar-refractivity contribution is -0.255. The summed E-state index contributed by atoms with van der Waals surface area (Å²) in [5, 5.41) is 54.9. The summed E-state index contributed by atoms with van der Waals surface area (Å²) < 4.78 is 16.8. The van der Waals surface area contributed by atoms with Gasteiger partial charge in [-0.2, -0.15) is 0 Å². The van der Waals surface area contributed by atoms with Crippen LogP contribution in [0.4, 0.5) is 0 Å². The highest BCUT2D eigenvalue weighted by Crippen LogP contribution is 2.83. The van der Waals surface area contributed by atoms with Crippen LogP contribution in [0.1, 0.15) is 34.1 Å². The second-order valence-electron chi connectivity index (χ2n) is 10.6. The third kappa shape index (κ3) is 1.66. The summed E-state index contributed by atoms with van der Waals surface area (Å²) in [5.41, 5.74) is -9.78. The lowest BCUT2D eigenvalue weighted by Gasteiger charge is -2.47. The Morgan fingerprint density at radius 2 is 1.74 bits per heavy atom. The third-order valence-electron chi connectivity index (χ3n) is 8.80. The number of hydrogen-bond acceptors (Lipinski definition) is 10. The number of carbonyl (C=O) groups is 3. The van der Waals surface area contributed by atoms with Crippen LogP contribution in [0.15, 0.2) is 0 Å². The van der Waals surface area contributed by atoms with Gasteiger partial charge < -0.3 is 39.7 Å². The van der Waals surface area contributed by atoms with E-state index in [-0.39, 0.29) is 6.42 Å². The van der Waals surface area contributed by atoms with Crippen LogP contribution in [-0.2, 0) is 28.6 Å². The molecule has 0 radical (unpaired) electrons. The average Bonchev–Trinajstić information content (AvgIpc) is 3.32. The van der Waals surface area contributed by atoms with Gasteiger partial charge in [-0.25, -0.2) is 9.59 Å². The number of ether oxygens (including phenoxy) is 3. The molecule has 5 rings (SSSR count). The molecule has 172 valence electrons. The van der Waals surface area contributed by atoms with Crippen molar-refractivity contribution in [2.45, 2.75) is 76.0 Å². The van der Waals surface area contributed by atoms with Crippen molar-refractivity contribution in [2.75, 3.05) is 0 Å². The molecule has 11 heteroatoms. The molecule has 11 nitrogen and oxygen atoms in total. The SMILES string of the molecule is C[C@H](C(=O)O)[C@@]1(O)[C@@H](O)[C@@H](O)[C@@]23[C@H]4C[C@@H](C(C)(C)C)[C@]25[C@@H](OC(=O)[C@@H]5O)O[C@@]13C(=O)O4. The molecule has 0 aromatic rings. The van der Waals surface area contributed by atoms with Gasteiger partial charge in [0.15, 0.2) is 6.10 Å². The van der Waals surface area contributed by atoms with Crippen molar-refractivity contribution >= 4 is 17.9 Å². The molecule has 5 fully saturated rings. The van der Waals surface area contributed by atoms with Crippen molar-refractivity contribution in [1.82, 2.24) is 0 Å². The van der Waals surface area contributed by atoms with Crippen LogP contribution in [0.25, 0.3) is 0 Å². The van der Waals surface area contributed by atoms with E-state index in [9.17, 15) is 39.9 Å². The van der Waals surface area contributed by atoms with Crippen molar-refractivity contribution in [3.05, 3.63) is 0 Å². The maximum atomic E-state index is 13.3. The van der Waals surface area contributed by atoms with E-state index in [0.717, 1.165) is 6.92 Å². The summed E-state index contributed by atoms with van der Waals surface area (Å²) >= 11 is 0. The molecule has 5 N–H and O–H groups in total. The van der Waals surface area contributed by atoms with Crippen LogP contribution in [0.2, 0.25) is 0 Å². The molecule has 0 aromatic heterocycles. The Labute approximate surface area is 176 Å². The summed E-state index contributed by atoms with van der Waals surface area (Å²) in [4.78, 5) is 37.7. The lowest BCUT2D eigenvalue weighted by atomic mass is 9.51. The third-order valence-corrected chi connectivity index (χ3v) is 8.80. The fourth-order valence-electron chi connectivity index (χ4n) is 7.77. The van der Waals surface area contributed by atoms with Crippen molar-refractivity contribution in [2.24, 2.45) is 28.1 Å². The minimum absolute atomic E-state index is 0.0891. The average molecular weight is 442 g/mol. The molecule has 0 unspecified atom stereocenters. The minimum Gasteiger partial charge on any atom is -0.481 e. The molecule has 2 saturated carbocycles. The fourth-order valence-corrected chi connectivity index (χ4v) is 7.77. The zero-order chi connectivity index (χ0) is 23.1. The standard InChI is InChI=1S/C20H26O11/c1-6(12(24)25)19(28)10(22)9(21)18-8-5-7(16(2,3)4)17(18)11(23)13(26)30-15(17)31-20(18,19)14(27)29-8/h6-11,15,21-23,28H,5H2,1-4H3,(H,24,25)/t6-,7+,8-,9-,10+,11+,15+,17+,18+,19-,20-/m1/s1. The van der Waals surface area contributed by atoms with Crippen molar-refractivity contribution in [3.8, 4) is 0 Å². The molecule has 2 spiro atoms.